The van der Waals surface area contributed by atoms with Crippen LogP contribution in [0.2, 0.25) is 5.02 Å². The van der Waals surface area contributed by atoms with E-state index in [4.69, 9.17) is 21.1 Å². The van der Waals surface area contributed by atoms with Crippen molar-refractivity contribution in [3.63, 3.8) is 0 Å². The first kappa shape index (κ1) is 14.5. The summed E-state index contributed by atoms with van der Waals surface area (Å²) in [5, 5.41) is 3.10. The van der Waals surface area contributed by atoms with Gasteiger partial charge in [0.15, 0.2) is 5.65 Å². The highest BCUT2D eigenvalue weighted by molar-refractivity contribution is 6.31. The fourth-order valence-corrected chi connectivity index (χ4v) is 2.35. The first-order chi connectivity index (χ1) is 10.5. The number of nitrogens with zero attached hydrogens (tertiary/aromatic N) is 2. The van der Waals surface area contributed by atoms with Gasteiger partial charge in [-0.2, -0.15) is 4.52 Å². The third-order valence-electron chi connectivity index (χ3n) is 3.39. The van der Waals surface area contributed by atoms with Crippen LogP contribution in [0.5, 0.6) is 11.5 Å². The molecule has 0 saturated heterocycles. The molecular formula is C15H14ClN3O3. The van der Waals surface area contributed by atoms with E-state index in [-0.39, 0.29) is 10.6 Å². The Morgan fingerprint density at radius 3 is 2.36 bits per heavy atom. The minimum absolute atomic E-state index is 0.106. The smallest absolute Gasteiger partial charge is 0.291 e. The maximum atomic E-state index is 12.2. The number of methoxy groups -OCH3 is 2. The summed E-state index contributed by atoms with van der Waals surface area (Å²) in [5.41, 5.74) is 2.20. The predicted molar refractivity (Wildman–Crippen MR) is 84.1 cm³/mol. The molecule has 0 unspecified atom stereocenters. The highest BCUT2D eigenvalue weighted by Gasteiger charge is 2.12. The molecule has 2 aromatic heterocycles. The molecule has 2 heterocycles. The molecule has 0 fully saturated rings. The largest absolute Gasteiger partial charge is 0.497 e. The summed E-state index contributed by atoms with van der Waals surface area (Å²) in [6.07, 6.45) is 0. The van der Waals surface area contributed by atoms with Gasteiger partial charge in [-0.05, 0) is 19.1 Å². The monoisotopic (exact) mass is 319 g/mol. The molecule has 0 saturated carbocycles. The number of aromatic amines is 1. The van der Waals surface area contributed by atoms with Crippen molar-refractivity contribution in [3.05, 3.63) is 45.3 Å². The lowest BCUT2D eigenvalue weighted by molar-refractivity contribution is 0.394. The quantitative estimate of drug-likeness (QED) is 0.806. The highest BCUT2D eigenvalue weighted by Crippen LogP contribution is 2.29. The molecule has 22 heavy (non-hydrogen) atoms. The number of aryl methyl sites for hydroxylation is 1. The summed E-state index contributed by atoms with van der Waals surface area (Å²) < 4.78 is 11.8. The molecule has 1 N–H and O–H groups in total. The zero-order valence-electron chi connectivity index (χ0n) is 12.3. The molecule has 6 nitrogen and oxygen atoms in total. The molecule has 3 rings (SSSR count). The third-order valence-corrected chi connectivity index (χ3v) is 3.82. The fraction of sp³-hybridized carbons (Fsp3) is 0.200. The molecule has 114 valence electrons. The number of rotatable bonds is 3. The molecule has 0 radical (unpaired) electrons. The van der Waals surface area contributed by atoms with Crippen LogP contribution in [-0.4, -0.2) is 28.8 Å². The van der Waals surface area contributed by atoms with E-state index in [2.05, 4.69) is 10.1 Å². The molecule has 0 atom stereocenters. The highest BCUT2D eigenvalue weighted by atomic mass is 35.5. The number of benzene rings is 1. The maximum absolute atomic E-state index is 12.2. The lowest BCUT2D eigenvalue weighted by Gasteiger charge is -2.07. The van der Waals surface area contributed by atoms with Crippen molar-refractivity contribution in [2.45, 2.75) is 6.92 Å². The molecule has 0 aliphatic rings. The van der Waals surface area contributed by atoms with Gasteiger partial charge in [0, 0.05) is 17.7 Å². The number of nitrogens with one attached hydrogen (secondary N) is 1. The van der Waals surface area contributed by atoms with Gasteiger partial charge in [-0.3, -0.25) is 9.89 Å². The number of ether oxygens (including phenoxy) is 2. The maximum Gasteiger partial charge on any atom is 0.291 e. The van der Waals surface area contributed by atoms with Crippen LogP contribution in [0.15, 0.2) is 29.1 Å². The van der Waals surface area contributed by atoms with Gasteiger partial charge in [-0.15, -0.1) is 0 Å². The van der Waals surface area contributed by atoms with Crippen LogP contribution in [0.4, 0.5) is 0 Å². The van der Waals surface area contributed by atoms with Crippen molar-refractivity contribution in [2.24, 2.45) is 0 Å². The average Bonchev–Trinajstić information content (AvgIpc) is 2.96. The molecule has 3 aromatic rings. The summed E-state index contributed by atoms with van der Waals surface area (Å²) in [7, 11) is 3.16. The minimum atomic E-state index is -0.328. The first-order valence-electron chi connectivity index (χ1n) is 6.55. The van der Waals surface area contributed by atoms with E-state index in [9.17, 15) is 4.79 Å². The van der Waals surface area contributed by atoms with E-state index in [0.717, 1.165) is 5.56 Å². The minimum Gasteiger partial charge on any atom is -0.497 e. The topological polar surface area (TPSA) is 68.6 Å². The van der Waals surface area contributed by atoms with E-state index in [1.54, 1.807) is 33.3 Å². The molecule has 0 bridgehead atoms. The van der Waals surface area contributed by atoms with Gasteiger partial charge >= 0.3 is 0 Å². The Labute approximate surface area is 131 Å². The second-order valence-corrected chi connectivity index (χ2v) is 5.16. The van der Waals surface area contributed by atoms with Crippen molar-refractivity contribution in [2.75, 3.05) is 14.2 Å². The van der Waals surface area contributed by atoms with E-state index in [1.165, 1.54) is 4.52 Å². The molecule has 1 aromatic carbocycles. The third kappa shape index (κ3) is 2.31. The zero-order valence-corrected chi connectivity index (χ0v) is 13.1. The van der Waals surface area contributed by atoms with Gasteiger partial charge in [0.25, 0.3) is 5.56 Å². The van der Waals surface area contributed by atoms with E-state index < -0.39 is 0 Å². The van der Waals surface area contributed by atoms with Crippen molar-refractivity contribution >= 4 is 17.2 Å². The van der Waals surface area contributed by atoms with Crippen LogP contribution in [-0.2, 0) is 0 Å². The lowest BCUT2D eigenvalue weighted by atomic mass is 10.1. The molecule has 0 aliphatic heterocycles. The van der Waals surface area contributed by atoms with Gasteiger partial charge in [0.1, 0.15) is 16.5 Å². The summed E-state index contributed by atoms with van der Waals surface area (Å²) in [5.74, 6) is 1.31. The number of H-pyrrole nitrogens is 1. The average molecular weight is 320 g/mol. The molecule has 0 amide bonds. The van der Waals surface area contributed by atoms with Gasteiger partial charge in [-0.25, -0.2) is 4.98 Å². The Morgan fingerprint density at radius 1 is 1.14 bits per heavy atom. The molecule has 7 heteroatoms. The molecule has 0 spiro atoms. The van der Waals surface area contributed by atoms with Crippen molar-refractivity contribution < 1.29 is 9.47 Å². The second-order valence-electron chi connectivity index (χ2n) is 4.78. The van der Waals surface area contributed by atoms with Crippen LogP contribution in [0.3, 0.4) is 0 Å². The summed E-state index contributed by atoms with van der Waals surface area (Å²) in [4.78, 5) is 16.5. The van der Waals surface area contributed by atoms with Crippen LogP contribution < -0.4 is 15.0 Å². The van der Waals surface area contributed by atoms with Gasteiger partial charge in [0.2, 0.25) is 0 Å². The Hall–Kier alpha value is -2.47. The predicted octanol–water partition coefficient (Wildman–Crippen LogP) is 2.67. The summed E-state index contributed by atoms with van der Waals surface area (Å²) in [6, 6.07) is 7.23. The molecular weight excluding hydrogens is 306 g/mol. The van der Waals surface area contributed by atoms with Gasteiger partial charge in [-0.1, -0.05) is 11.6 Å². The number of hydrogen-bond donors (Lipinski definition) is 1. The van der Waals surface area contributed by atoms with Crippen LogP contribution in [0.25, 0.3) is 16.9 Å². The van der Waals surface area contributed by atoms with E-state index in [0.29, 0.717) is 28.5 Å². The normalized spacial score (nSPS) is 10.9. The van der Waals surface area contributed by atoms with Crippen molar-refractivity contribution in [1.82, 2.24) is 14.6 Å². The number of aromatic nitrogens is 3. The van der Waals surface area contributed by atoms with E-state index >= 15 is 0 Å². The van der Waals surface area contributed by atoms with Crippen molar-refractivity contribution in [1.29, 1.82) is 0 Å². The second kappa shape index (κ2) is 5.38. The summed E-state index contributed by atoms with van der Waals surface area (Å²) in [6.45, 7) is 1.70. The Balaban J connectivity index is 2.23. The number of hydrogen-bond acceptors (Lipinski definition) is 4. The standard InChI is InChI=1S/C15H14ClN3O3/c1-8-14(16)15(20)19-13(17-8)7-12(18-19)9-4-10(21-2)6-11(5-9)22-3/h4-7,18H,1-3H3. The van der Waals surface area contributed by atoms with Crippen LogP contribution in [0, 0.1) is 6.92 Å². The van der Waals surface area contributed by atoms with Gasteiger partial charge in [0.05, 0.1) is 25.6 Å². The van der Waals surface area contributed by atoms with Crippen molar-refractivity contribution in [3.8, 4) is 22.8 Å². The zero-order chi connectivity index (χ0) is 15.9. The SMILES string of the molecule is COc1cc(OC)cc(-c2cc3nc(C)c(Cl)c(=O)n3[nH]2)c1. The Morgan fingerprint density at radius 2 is 1.77 bits per heavy atom. The lowest BCUT2D eigenvalue weighted by Crippen LogP contribution is -2.16. The molecule has 0 aliphatic carbocycles. The number of fused-ring (bicyclic) bond motifs is 1. The van der Waals surface area contributed by atoms with E-state index in [1.807, 2.05) is 12.1 Å². The number of halogens is 1. The Bertz CT molecular complexity index is 892. The Kier molecular flexibility index (Phi) is 3.54. The summed E-state index contributed by atoms with van der Waals surface area (Å²) >= 11 is 5.95. The van der Waals surface area contributed by atoms with Crippen LogP contribution in [0.1, 0.15) is 5.69 Å². The van der Waals surface area contributed by atoms with Gasteiger partial charge < -0.3 is 9.47 Å². The fourth-order valence-electron chi connectivity index (χ4n) is 2.23. The van der Waals surface area contributed by atoms with Crippen LogP contribution >= 0.6 is 11.6 Å². The first-order valence-corrected chi connectivity index (χ1v) is 6.92.